The number of rotatable bonds is 4. The SMILES string of the molecule is COCCN(C)C(=O)Nc1cccc(C(F)(F)F)c1. The lowest BCUT2D eigenvalue weighted by Gasteiger charge is -2.18. The summed E-state index contributed by atoms with van der Waals surface area (Å²) in [6, 6.07) is 3.99. The molecule has 1 aromatic carbocycles. The number of carbonyl (C=O) groups is 1. The zero-order chi connectivity index (χ0) is 14.5. The van der Waals surface area contributed by atoms with E-state index < -0.39 is 17.8 Å². The van der Waals surface area contributed by atoms with Crippen LogP contribution >= 0.6 is 0 Å². The van der Waals surface area contributed by atoms with Crippen molar-refractivity contribution in [2.24, 2.45) is 0 Å². The normalized spacial score (nSPS) is 11.2. The molecule has 0 saturated carbocycles. The number of carbonyl (C=O) groups excluding carboxylic acids is 1. The molecule has 0 fully saturated rings. The number of amides is 2. The summed E-state index contributed by atoms with van der Waals surface area (Å²) in [7, 11) is 3.03. The minimum Gasteiger partial charge on any atom is -0.383 e. The number of likely N-dealkylation sites (N-methyl/N-ethyl adjacent to an activating group) is 1. The number of ether oxygens (including phenoxy) is 1. The van der Waals surface area contributed by atoms with Crippen LogP contribution in [0.15, 0.2) is 24.3 Å². The molecule has 1 rings (SSSR count). The highest BCUT2D eigenvalue weighted by molar-refractivity contribution is 5.89. The van der Waals surface area contributed by atoms with Gasteiger partial charge in [-0.1, -0.05) is 6.07 Å². The molecule has 0 heterocycles. The Bertz CT molecular complexity index is 435. The summed E-state index contributed by atoms with van der Waals surface area (Å²) in [6.07, 6.45) is -4.43. The van der Waals surface area contributed by atoms with E-state index in [0.717, 1.165) is 12.1 Å². The third kappa shape index (κ3) is 4.78. The Morgan fingerprint density at radius 2 is 2.11 bits per heavy atom. The van der Waals surface area contributed by atoms with Crippen LogP contribution < -0.4 is 5.32 Å². The number of nitrogens with one attached hydrogen (secondary N) is 1. The van der Waals surface area contributed by atoms with Crippen LogP contribution in [0.4, 0.5) is 23.7 Å². The van der Waals surface area contributed by atoms with Gasteiger partial charge in [-0.25, -0.2) is 4.79 Å². The van der Waals surface area contributed by atoms with Gasteiger partial charge in [0.25, 0.3) is 0 Å². The van der Waals surface area contributed by atoms with E-state index in [1.165, 1.54) is 31.2 Å². The van der Waals surface area contributed by atoms with E-state index in [2.05, 4.69) is 5.32 Å². The van der Waals surface area contributed by atoms with Crippen LogP contribution in [0.25, 0.3) is 0 Å². The van der Waals surface area contributed by atoms with Gasteiger partial charge in [-0.3, -0.25) is 0 Å². The van der Waals surface area contributed by atoms with Crippen molar-refractivity contribution in [3.63, 3.8) is 0 Å². The smallest absolute Gasteiger partial charge is 0.383 e. The van der Waals surface area contributed by atoms with E-state index in [1.807, 2.05) is 0 Å². The maximum absolute atomic E-state index is 12.5. The van der Waals surface area contributed by atoms with Crippen LogP contribution in [0.5, 0.6) is 0 Å². The zero-order valence-corrected chi connectivity index (χ0v) is 10.6. The van der Waals surface area contributed by atoms with E-state index in [1.54, 1.807) is 0 Å². The average molecular weight is 276 g/mol. The predicted octanol–water partition coefficient (Wildman–Crippen LogP) is 2.82. The number of alkyl halides is 3. The molecule has 0 aromatic heterocycles. The van der Waals surface area contributed by atoms with Gasteiger partial charge in [-0.15, -0.1) is 0 Å². The third-order valence-electron chi connectivity index (χ3n) is 2.42. The molecule has 0 atom stereocenters. The Hall–Kier alpha value is -1.76. The van der Waals surface area contributed by atoms with Gasteiger partial charge in [-0.2, -0.15) is 13.2 Å². The maximum atomic E-state index is 12.5. The van der Waals surface area contributed by atoms with Crippen molar-refractivity contribution in [1.29, 1.82) is 0 Å². The highest BCUT2D eigenvalue weighted by Gasteiger charge is 2.30. The van der Waals surface area contributed by atoms with Crippen molar-refractivity contribution in [2.45, 2.75) is 6.18 Å². The molecule has 0 bridgehead atoms. The van der Waals surface area contributed by atoms with Crippen molar-refractivity contribution in [2.75, 3.05) is 32.6 Å². The monoisotopic (exact) mass is 276 g/mol. The molecule has 4 nitrogen and oxygen atoms in total. The first-order valence-corrected chi connectivity index (χ1v) is 5.53. The van der Waals surface area contributed by atoms with Crippen LogP contribution in [0.2, 0.25) is 0 Å². The topological polar surface area (TPSA) is 41.6 Å². The molecule has 0 radical (unpaired) electrons. The molecule has 19 heavy (non-hydrogen) atoms. The molecule has 0 aliphatic rings. The second-order valence-electron chi connectivity index (χ2n) is 3.92. The molecule has 0 aliphatic heterocycles. The average Bonchev–Trinajstić information content (AvgIpc) is 2.35. The van der Waals surface area contributed by atoms with E-state index in [-0.39, 0.29) is 5.69 Å². The van der Waals surface area contributed by atoms with Crippen LogP contribution in [0.3, 0.4) is 0 Å². The lowest BCUT2D eigenvalue weighted by Crippen LogP contribution is -2.33. The number of halogens is 3. The Kier molecular flexibility index (Phi) is 5.17. The molecule has 1 aromatic rings. The van der Waals surface area contributed by atoms with Gasteiger partial charge in [0.2, 0.25) is 0 Å². The minimum atomic E-state index is -4.43. The molecule has 0 spiro atoms. The highest BCUT2D eigenvalue weighted by Crippen LogP contribution is 2.30. The van der Waals surface area contributed by atoms with Crippen LogP contribution in [0.1, 0.15) is 5.56 Å². The van der Waals surface area contributed by atoms with Crippen LogP contribution in [0, 0.1) is 0 Å². The molecular formula is C12H15F3N2O2. The van der Waals surface area contributed by atoms with E-state index in [4.69, 9.17) is 4.74 Å². The van der Waals surface area contributed by atoms with Gasteiger partial charge in [0, 0.05) is 26.4 Å². The fourth-order valence-corrected chi connectivity index (χ4v) is 1.32. The summed E-state index contributed by atoms with van der Waals surface area (Å²) < 4.78 is 42.3. The fraction of sp³-hybridized carbons (Fsp3) is 0.417. The molecule has 7 heteroatoms. The van der Waals surface area contributed by atoms with Crippen molar-refractivity contribution in [3.8, 4) is 0 Å². The van der Waals surface area contributed by atoms with Gasteiger partial charge in [-0.05, 0) is 18.2 Å². The van der Waals surface area contributed by atoms with E-state index in [9.17, 15) is 18.0 Å². The number of hydrogen-bond acceptors (Lipinski definition) is 2. The summed E-state index contributed by atoms with van der Waals surface area (Å²) in [4.78, 5) is 13.0. The second-order valence-corrected chi connectivity index (χ2v) is 3.92. The lowest BCUT2D eigenvalue weighted by molar-refractivity contribution is -0.137. The first-order valence-electron chi connectivity index (χ1n) is 5.53. The van der Waals surface area contributed by atoms with E-state index in [0.29, 0.717) is 13.2 Å². The van der Waals surface area contributed by atoms with Crippen molar-refractivity contribution in [1.82, 2.24) is 4.90 Å². The Morgan fingerprint density at radius 3 is 2.68 bits per heavy atom. The third-order valence-corrected chi connectivity index (χ3v) is 2.42. The number of benzene rings is 1. The summed E-state index contributed by atoms with van der Waals surface area (Å²) >= 11 is 0. The Labute approximate surface area is 109 Å². The second kappa shape index (κ2) is 6.42. The van der Waals surface area contributed by atoms with Gasteiger partial charge in [0.1, 0.15) is 0 Å². The molecule has 0 saturated heterocycles. The van der Waals surface area contributed by atoms with Crippen molar-refractivity contribution < 1.29 is 22.7 Å². The Morgan fingerprint density at radius 1 is 1.42 bits per heavy atom. The van der Waals surface area contributed by atoms with Crippen molar-refractivity contribution >= 4 is 11.7 Å². The zero-order valence-electron chi connectivity index (χ0n) is 10.6. The van der Waals surface area contributed by atoms with Gasteiger partial charge >= 0.3 is 12.2 Å². The van der Waals surface area contributed by atoms with Gasteiger partial charge in [0.15, 0.2) is 0 Å². The van der Waals surface area contributed by atoms with Crippen molar-refractivity contribution in [3.05, 3.63) is 29.8 Å². The van der Waals surface area contributed by atoms with Gasteiger partial charge in [0.05, 0.1) is 12.2 Å². The van der Waals surface area contributed by atoms with Crippen LogP contribution in [-0.2, 0) is 10.9 Å². The molecule has 0 aliphatic carbocycles. The van der Waals surface area contributed by atoms with E-state index >= 15 is 0 Å². The summed E-state index contributed by atoms with van der Waals surface area (Å²) in [5.74, 6) is 0. The first-order chi connectivity index (χ1) is 8.84. The standard InChI is InChI=1S/C12H15F3N2O2/c1-17(6-7-19-2)11(18)16-10-5-3-4-9(8-10)12(13,14)15/h3-5,8H,6-7H2,1-2H3,(H,16,18). The summed E-state index contributed by atoms with van der Waals surface area (Å²) in [6.45, 7) is 0.702. The van der Waals surface area contributed by atoms with Gasteiger partial charge < -0.3 is 15.0 Å². The quantitative estimate of drug-likeness (QED) is 0.918. The highest BCUT2D eigenvalue weighted by atomic mass is 19.4. The lowest BCUT2D eigenvalue weighted by atomic mass is 10.2. The molecular weight excluding hydrogens is 261 g/mol. The predicted molar refractivity (Wildman–Crippen MR) is 65.0 cm³/mol. The number of nitrogens with zero attached hydrogens (tertiary/aromatic N) is 1. The molecule has 1 N–H and O–H groups in total. The largest absolute Gasteiger partial charge is 0.416 e. The molecule has 2 amide bonds. The Balaban J connectivity index is 2.69. The summed E-state index contributed by atoms with van der Waals surface area (Å²) in [5.41, 5.74) is -0.700. The summed E-state index contributed by atoms with van der Waals surface area (Å²) in [5, 5.41) is 2.39. The number of hydrogen-bond donors (Lipinski definition) is 1. The maximum Gasteiger partial charge on any atom is 0.416 e. The molecule has 0 unspecified atom stereocenters. The molecule has 106 valence electrons. The number of methoxy groups -OCH3 is 1. The first kappa shape index (κ1) is 15.3. The van der Waals surface area contributed by atoms with Crippen LogP contribution in [-0.4, -0.2) is 38.2 Å². The fourth-order valence-electron chi connectivity index (χ4n) is 1.32. The number of urea groups is 1. The number of anilines is 1. The minimum absolute atomic E-state index is 0.101.